The molecule has 0 aliphatic carbocycles. The fourth-order valence-corrected chi connectivity index (χ4v) is 1.42. The van der Waals surface area contributed by atoms with Crippen LogP contribution in [0.15, 0.2) is 4.99 Å². The fraction of sp³-hybridized carbons (Fsp3) is 0.778. The minimum atomic E-state index is -0.118. The zero-order valence-corrected chi connectivity index (χ0v) is 8.38. The highest BCUT2D eigenvalue weighted by Gasteiger charge is 2.34. The Morgan fingerprint density at radius 1 is 1.42 bits per heavy atom. The maximum Gasteiger partial charge on any atom is 0.343 e. The van der Waals surface area contributed by atoms with Crippen molar-refractivity contribution in [2.45, 2.75) is 33.7 Å². The number of rotatable bonds is 0. The first kappa shape index (κ1) is 9.23. The molecule has 0 aromatic carbocycles. The Hall–Kier alpha value is -0.860. The summed E-state index contributed by atoms with van der Waals surface area (Å²) >= 11 is 0. The van der Waals surface area contributed by atoms with Crippen molar-refractivity contribution in [3.05, 3.63) is 0 Å². The second-order valence-electron chi connectivity index (χ2n) is 4.32. The number of carbonyl (C=O) groups excluding carboxylic acids is 1. The average molecular weight is 168 g/mol. The van der Waals surface area contributed by atoms with E-state index in [0.29, 0.717) is 0 Å². The van der Waals surface area contributed by atoms with Gasteiger partial charge in [-0.25, -0.2) is 9.79 Å². The molecule has 1 aliphatic rings. The summed E-state index contributed by atoms with van der Waals surface area (Å²) in [5, 5.41) is 0. The van der Waals surface area contributed by atoms with Crippen molar-refractivity contribution in [1.82, 2.24) is 4.90 Å². The maximum absolute atomic E-state index is 11.2. The van der Waals surface area contributed by atoms with Crippen molar-refractivity contribution >= 4 is 11.7 Å². The highest BCUT2D eigenvalue weighted by Crippen LogP contribution is 2.25. The number of hydrogen-bond acceptors (Lipinski definition) is 1. The molecule has 0 fully saturated rings. The van der Waals surface area contributed by atoms with Crippen LogP contribution in [0, 0.1) is 5.41 Å². The van der Waals surface area contributed by atoms with Gasteiger partial charge in [0.2, 0.25) is 0 Å². The predicted molar refractivity (Wildman–Crippen MR) is 49.5 cm³/mol. The highest BCUT2D eigenvalue weighted by molar-refractivity contribution is 6.06. The normalized spacial score (nSPS) is 24.8. The summed E-state index contributed by atoms with van der Waals surface area (Å²) in [7, 11) is 1.79. The van der Waals surface area contributed by atoms with E-state index in [1.807, 2.05) is 6.92 Å². The SMILES string of the molecule is C[C@H]1C(C(C)(C)C)=NC(=O)N1C. The van der Waals surface area contributed by atoms with Crippen molar-refractivity contribution in [2.24, 2.45) is 10.4 Å². The Morgan fingerprint density at radius 2 is 1.92 bits per heavy atom. The van der Waals surface area contributed by atoms with Crippen LogP contribution in [0.5, 0.6) is 0 Å². The summed E-state index contributed by atoms with van der Waals surface area (Å²) < 4.78 is 0. The summed E-state index contributed by atoms with van der Waals surface area (Å²) in [5.41, 5.74) is 0.981. The van der Waals surface area contributed by atoms with Crippen LogP contribution in [0.2, 0.25) is 0 Å². The van der Waals surface area contributed by atoms with Crippen molar-refractivity contribution in [1.29, 1.82) is 0 Å². The van der Waals surface area contributed by atoms with Gasteiger partial charge >= 0.3 is 6.03 Å². The predicted octanol–water partition coefficient (Wildman–Crippen LogP) is 1.93. The lowest BCUT2D eigenvalue weighted by Crippen LogP contribution is -2.36. The van der Waals surface area contributed by atoms with Gasteiger partial charge in [0.05, 0.1) is 11.8 Å². The minimum Gasteiger partial charge on any atom is -0.318 e. The molecule has 0 unspecified atom stereocenters. The molecule has 0 N–H and O–H groups in total. The van der Waals surface area contributed by atoms with Crippen LogP contribution in [0.3, 0.4) is 0 Å². The molecule has 0 saturated carbocycles. The molecule has 0 saturated heterocycles. The lowest BCUT2D eigenvalue weighted by molar-refractivity contribution is 0.220. The Labute approximate surface area is 73.5 Å². The molecule has 12 heavy (non-hydrogen) atoms. The molecule has 0 bridgehead atoms. The van der Waals surface area contributed by atoms with E-state index in [1.54, 1.807) is 11.9 Å². The third kappa shape index (κ3) is 1.36. The fourth-order valence-electron chi connectivity index (χ4n) is 1.42. The maximum atomic E-state index is 11.2. The van der Waals surface area contributed by atoms with E-state index in [-0.39, 0.29) is 17.5 Å². The molecule has 3 heteroatoms. The minimum absolute atomic E-state index is 0.000162. The van der Waals surface area contributed by atoms with E-state index in [2.05, 4.69) is 25.8 Å². The second kappa shape index (κ2) is 2.57. The van der Waals surface area contributed by atoms with Gasteiger partial charge in [-0.3, -0.25) is 0 Å². The molecular formula is C9H16N2O. The first-order valence-corrected chi connectivity index (χ1v) is 4.20. The molecule has 0 aromatic heterocycles. The van der Waals surface area contributed by atoms with E-state index in [1.165, 1.54) is 0 Å². The van der Waals surface area contributed by atoms with Crippen LogP contribution in [0.4, 0.5) is 4.79 Å². The molecule has 0 spiro atoms. The highest BCUT2D eigenvalue weighted by atomic mass is 16.2. The van der Waals surface area contributed by atoms with Crippen molar-refractivity contribution in [2.75, 3.05) is 7.05 Å². The van der Waals surface area contributed by atoms with Crippen LogP contribution < -0.4 is 0 Å². The van der Waals surface area contributed by atoms with Gasteiger partial charge in [0.25, 0.3) is 0 Å². The Kier molecular flexibility index (Phi) is 1.98. The third-order valence-electron chi connectivity index (χ3n) is 2.26. The first-order chi connectivity index (χ1) is 5.34. The molecule has 3 nitrogen and oxygen atoms in total. The van der Waals surface area contributed by atoms with E-state index in [0.717, 1.165) is 5.71 Å². The number of hydrogen-bond donors (Lipinski definition) is 0. The van der Waals surface area contributed by atoms with Gasteiger partial charge in [0, 0.05) is 12.5 Å². The van der Waals surface area contributed by atoms with E-state index in [4.69, 9.17) is 0 Å². The molecule has 0 aromatic rings. The Bertz CT molecular complexity index is 237. The van der Waals surface area contributed by atoms with Gasteiger partial charge in [-0.15, -0.1) is 0 Å². The van der Waals surface area contributed by atoms with Crippen molar-refractivity contribution < 1.29 is 4.79 Å². The molecule has 1 heterocycles. The smallest absolute Gasteiger partial charge is 0.318 e. The van der Waals surface area contributed by atoms with Crippen LogP contribution >= 0.6 is 0 Å². The summed E-state index contributed by atoms with van der Waals surface area (Å²) in [5.74, 6) is 0. The summed E-state index contributed by atoms with van der Waals surface area (Å²) in [4.78, 5) is 16.9. The molecule has 68 valence electrons. The monoisotopic (exact) mass is 168 g/mol. The largest absolute Gasteiger partial charge is 0.343 e. The zero-order chi connectivity index (χ0) is 9.52. The van der Waals surface area contributed by atoms with Crippen molar-refractivity contribution in [3.63, 3.8) is 0 Å². The van der Waals surface area contributed by atoms with Crippen LogP contribution in [0.1, 0.15) is 27.7 Å². The van der Waals surface area contributed by atoms with Gasteiger partial charge in [0.1, 0.15) is 0 Å². The van der Waals surface area contributed by atoms with E-state index >= 15 is 0 Å². The van der Waals surface area contributed by atoms with Crippen LogP contribution in [0.25, 0.3) is 0 Å². The topological polar surface area (TPSA) is 32.7 Å². The second-order valence-corrected chi connectivity index (χ2v) is 4.32. The number of urea groups is 1. The van der Waals surface area contributed by atoms with Gasteiger partial charge < -0.3 is 4.90 Å². The van der Waals surface area contributed by atoms with Gasteiger partial charge in [0.15, 0.2) is 0 Å². The standard InChI is InChI=1S/C9H16N2O/c1-6-7(9(2,3)4)10-8(12)11(6)5/h6H,1-5H3/t6-/m0/s1. The third-order valence-corrected chi connectivity index (χ3v) is 2.26. The Morgan fingerprint density at radius 3 is 2.08 bits per heavy atom. The van der Waals surface area contributed by atoms with Gasteiger partial charge in [-0.1, -0.05) is 20.8 Å². The summed E-state index contributed by atoms with van der Waals surface area (Å²) in [6, 6.07) is 0.0323. The lowest BCUT2D eigenvalue weighted by atomic mass is 9.86. The van der Waals surface area contributed by atoms with Crippen LogP contribution in [-0.2, 0) is 0 Å². The van der Waals surface area contributed by atoms with Gasteiger partial charge in [-0.2, -0.15) is 0 Å². The number of aliphatic imine (C=N–C) groups is 1. The molecule has 1 atom stereocenters. The van der Waals surface area contributed by atoms with E-state index < -0.39 is 0 Å². The quantitative estimate of drug-likeness (QED) is 0.544. The Balaban J connectivity index is 2.95. The number of nitrogens with zero attached hydrogens (tertiary/aromatic N) is 2. The van der Waals surface area contributed by atoms with Crippen LogP contribution in [-0.4, -0.2) is 29.7 Å². The number of amides is 2. The molecular weight excluding hydrogens is 152 g/mol. The van der Waals surface area contributed by atoms with E-state index in [9.17, 15) is 4.79 Å². The molecule has 2 amide bonds. The lowest BCUT2D eigenvalue weighted by Gasteiger charge is -2.24. The number of carbonyl (C=O) groups is 1. The average Bonchev–Trinajstić information content (AvgIpc) is 2.15. The molecule has 1 rings (SSSR count). The summed E-state index contributed by atoms with van der Waals surface area (Å²) in [6.07, 6.45) is 0. The van der Waals surface area contributed by atoms with Gasteiger partial charge in [-0.05, 0) is 6.92 Å². The summed E-state index contributed by atoms with van der Waals surface area (Å²) in [6.45, 7) is 8.24. The zero-order valence-electron chi connectivity index (χ0n) is 8.38. The first-order valence-electron chi connectivity index (χ1n) is 4.20. The van der Waals surface area contributed by atoms with Crippen molar-refractivity contribution in [3.8, 4) is 0 Å². The molecule has 0 radical (unpaired) electrons. The molecule has 1 aliphatic heterocycles.